The van der Waals surface area contributed by atoms with Crippen LogP contribution in [0.4, 0.5) is 0 Å². The first-order chi connectivity index (χ1) is 7.63. The van der Waals surface area contributed by atoms with Crippen molar-refractivity contribution in [3.8, 4) is 0 Å². The van der Waals surface area contributed by atoms with Crippen molar-refractivity contribution < 1.29 is 9.53 Å². The predicted molar refractivity (Wildman–Crippen MR) is 65.3 cm³/mol. The van der Waals surface area contributed by atoms with Gasteiger partial charge in [-0.05, 0) is 39.7 Å². The van der Waals surface area contributed by atoms with E-state index in [4.69, 9.17) is 4.74 Å². The molecule has 3 heteroatoms. The summed E-state index contributed by atoms with van der Waals surface area (Å²) in [7, 11) is 2.11. The van der Waals surface area contributed by atoms with Crippen molar-refractivity contribution in [2.75, 3.05) is 20.2 Å². The molecule has 0 radical (unpaired) electrons. The third-order valence-corrected chi connectivity index (χ3v) is 3.54. The molecular weight excluding hydrogens is 202 g/mol. The maximum atomic E-state index is 11.3. The van der Waals surface area contributed by atoms with Gasteiger partial charge in [-0.25, -0.2) is 0 Å². The Labute approximate surface area is 99.1 Å². The highest BCUT2D eigenvalue weighted by atomic mass is 16.5. The first-order valence-electron chi connectivity index (χ1n) is 6.49. The van der Waals surface area contributed by atoms with Crippen molar-refractivity contribution in [3.05, 3.63) is 0 Å². The van der Waals surface area contributed by atoms with Crippen LogP contribution < -0.4 is 0 Å². The molecule has 0 aromatic heterocycles. The molecule has 3 nitrogen and oxygen atoms in total. The molecule has 1 rings (SSSR count). The van der Waals surface area contributed by atoms with Crippen molar-refractivity contribution in [3.63, 3.8) is 0 Å². The summed E-state index contributed by atoms with van der Waals surface area (Å²) in [5.41, 5.74) is 0. The van der Waals surface area contributed by atoms with Crippen LogP contribution in [0.5, 0.6) is 0 Å². The van der Waals surface area contributed by atoms with Gasteiger partial charge < -0.3 is 9.64 Å². The number of carbonyl (C=O) groups is 1. The van der Waals surface area contributed by atoms with Crippen LogP contribution in [0.1, 0.15) is 46.0 Å². The lowest BCUT2D eigenvalue weighted by molar-refractivity contribution is -0.144. The van der Waals surface area contributed by atoms with Crippen molar-refractivity contribution in [2.45, 2.75) is 52.0 Å². The summed E-state index contributed by atoms with van der Waals surface area (Å²) < 4.78 is 4.97. The minimum Gasteiger partial charge on any atom is -0.466 e. The number of carbonyl (C=O) groups excluding carboxylic acids is 1. The van der Waals surface area contributed by atoms with Crippen molar-refractivity contribution in [1.29, 1.82) is 0 Å². The third-order valence-electron chi connectivity index (χ3n) is 3.54. The second kappa shape index (κ2) is 6.89. The van der Waals surface area contributed by atoms with Crippen molar-refractivity contribution in [2.24, 2.45) is 5.92 Å². The Morgan fingerprint density at radius 2 is 2.06 bits per heavy atom. The van der Waals surface area contributed by atoms with Gasteiger partial charge in [0.25, 0.3) is 0 Å². The molecule has 1 fully saturated rings. The molecule has 0 N–H and O–H groups in total. The van der Waals surface area contributed by atoms with Crippen LogP contribution in [0, 0.1) is 5.92 Å². The van der Waals surface area contributed by atoms with E-state index < -0.39 is 0 Å². The standard InChI is InChI=1S/C13H25NO2/c1-4-16-13(15)9-11(2)14(3)10-12-7-5-6-8-12/h11-12H,4-10H2,1-3H3. The predicted octanol–water partition coefficient (Wildman–Crippen LogP) is 2.45. The minimum absolute atomic E-state index is 0.0757. The van der Waals surface area contributed by atoms with E-state index in [1.165, 1.54) is 25.7 Å². The number of esters is 1. The summed E-state index contributed by atoms with van der Waals surface area (Å²) in [6.45, 7) is 5.56. The summed E-state index contributed by atoms with van der Waals surface area (Å²) in [5.74, 6) is 0.767. The Balaban J connectivity index is 2.23. The number of hydrogen-bond donors (Lipinski definition) is 0. The summed E-state index contributed by atoms with van der Waals surface area (Å²) in [6.07, 6.45) is 5.99. The molecule has 0 aliphatic heterocycles. The van der Waals surface area contributed by atoms with Crippen LogP contribution in [-0.4, -0.2) is 37.1 Å². The molecular formula is C13H25NO2. The summed E-state index contributed by atoms with van der Waals surface area (Å²) >= 11 is 0. The number of rotatable bonds is 6. The van der Waals surface area contributed by atoms with Gasteiger partial charge in [0, 0.05) is 12.6 Å². The molecule has 0 aromatic carbocycles. The van der Waals surface area contributed by atoms with Gasteiger partial charge in [0.15, 0.2) is 0 Å². The van der Waals surface area contributed by atoms with E-state index in [0.29, 0.717) is 19.1 Å². The smallest absolute Gasteiger partial charge is 0.307 e. The fourth-order valence-corrected chi connectivity index (χ4v) is 2.40. The highest BCUT2D eigenvalue weighted by molar-refractivity contribution is 5.69. The Bertz CT molecular complexity index is 212. The van der Waals surface area contributed by atoms with Gasteiger partial charge in [0.1, 0.15) is 0 Å². The van der Waals surface area contributed by atoms with Gasteiger partial charge in [-0.3, -0.25) is 4.79 Å². The Morgan fingerprint density at radius 3 is 2.62 bits per heavy atom. The van der Waals surface area contributed by atoms with E-state index in [9.17, 15) is 4.79 Å². The van der Waals surface area contributed by atoms with E-state index >= 15 is 0 Å². The number of ether oxygens (including phenoxy) is 1. The maximum absolute atomic E-state index is 11.3. The van der Waals surface area contributed by atoms with Gasteiger partial charge >= 0.3 is 5.97 Å². The molecule has 16 heavy (non-hydrogen) atoms. The summed E-state index contributed by atoms with van der Waals surface area (Å²) in [6, 6.07) is 0.291. The van der Waals surface area contributed by atoms with Gasteiger partial charge in [-0.1, -0.05) is 12.8 Å². The van der Waals surface area contributed by atoms with Crippen LogP contribution in [0.2, 0.25) is 0 Å². The molecule has 1 unspecified atom stereocenters. The molecule has 0 spiro atoms. The topological polar surface area (TPSA) is 29.5 Å². The van der Waals surface area contributed by atoms with Gasteiger partial charge in [0.2, 0.25) is 0 Å². The molecule has 1 atom stereocenters. The molecule has 94 valence electrons. The SMILES string of the molecule is CCOC(=O)CC(C)N(C)CC1CCCC1. The molecule has 0 heterocycles. The lowest BCUT2D eigenvalue weighted by Gasteiger charge is -2.26. The quantitative estimate of drug-likeness (QED) is 0.653. The van der Waals surface area contributed by atoms with E-state index in [2.05, 4.69) is 18.9 Å². The highest BCUT2D eigenvalue weighted by Crippen LogP contribution is 2.25. The fraction of sp³-hybridized carbons (Fsp3) is 0.923. The largest absolute Gasteiger partial charge is 0.466 e. The summed E-state index contributed by atoms with van der Waals surface area (Å²) in [4.78, 5) is 13.6. The van der Waals surface area contributed by atoms with E-state index in [1.807, 2.05) is 6.92 Å². The van der Waals surface area contributed by atoms with Crippen molar-refractivity contribution in [1.82, 2.24) is 4.90 Å². The van der Waals surface area contributed by atoms with Crippen LogP contribution in [-0.2, 0) is 9.53 Å². The highest BCUT2D eigenvalue weighted by Gasteiger charge is 2.20. The van der Waals surface area contributed by atoms with Crippen molar-refractivity contribution >= 4 is 5.97 Å². The molecule has 1 saturated carbocycles. The average molecular weight is 227 g/mol. The first kappa shape index (κ1) is 13.5. The Kier molecular flexibility index (Phi) is 5.81. The average Bonchev–Trinajstić information content (AvgIpc) is 2.70. The minimum atomic E-state index is -0.0757. The molecule has 0 bridgehead atoms. The lowest BCUT2D eigenvalue weighted by atomic mass is 10.1. The van der Waals surface area contributed by atoms with E-state index in [0.717, 1.165) is 12.5 Å². The molecule has 1 aliphatic carbocycles. The van der Waals surface area contributed by atoms with Crippen LogP contribution in [0.15, 0.2) is 0 Å². The zero-order chi connectivity index (χ0) is 12.0. The van der Waals surface area contributed by atoms with E-state index in [1.54, 1.807) is 0 Å². The second-order valence-electron chi connectivity index (χ2n) is 4.95. The molecule has 0 saturated heterocycles. The monoisotopic (exact) mass is 227 g/mol. The zero-order valence-corrected chi connectivity index (χ0v) is 10.9. The molecule has 0 amide bonds. The van der Waals surface area contributed by atoms with Gasteiger partial charge in [-0.2, -0.15) is 0 Å². The lowest BCUT2D eigenvalue weighted by Crippen LogP contribution is -2.35. The number of hydrogen-bond acceptors (Lipinski definition) is 3. The zero-order valence-electron chi connectivity index (χ0n) is 10.9. The van der Waals surface area contributed by atoms with Crippen LogP contribution in [0.25, 0.3) is 0 Å². The number of nitrogens with zero attached hydrogens (tertiary/aromatic N) is 1. The van der Waals surface area contributed by atoms with E-state index in [-0.39, 0.29) is 5.97 Å². The summed E-state index contributed by atoms with van der Waals surface area (Å²) in [5, 5.41) is 0. The Hall–Kier alpha value is -0.570. The third kappa shape index (κ3) is 4.52. The van der Waals surface area contributed by atoms with Crippen LogP contribution >= 0.6 is 0 Å². The molecule has 1 aliphatic rings. The van der Waals surface area contributed by atoms with Crippen LogP contribution in [0.3, 0.4) is 0 Å². The fourth-order valence-electron chi connectivity index (χ4n) is 2.40. The molecule has 0 aromatic rings. The Morgan fingerprint density at radius 1 is 1.44 bits per heavy atom. The van der Waals surface area contributed by atoms with Gasteiger partial charge in [0.05, 0.1) is 13.0 Å². The normalized spacial score (nSPS) is 19.0. The first-order valence-corrected chi connectivity index (χ1v) is 6.49. The van der Waals surface area contributed by atoms with Gasteiger partial charge in [-0.15, -0.1) is 0 Å². The second-order valence-corrected chi connectivity index (χ2v) is 4.95. The maximum Gasteiger partial charge on any atom is 0.307 e.